The van der Waals surface area contributed by atoms with E-state index in [0.717, 1.165) is 17.7 Å². The van der Waals surface area contributed by atoms with Crippen molar-refractivity contribution in [3.63, 3.8) is 0 Å². The van der Waals surface area contributed by atoms with E-state index >= 15 is 0 Å². The Morgan fingerprint density at radius 2 is 1.55 bits per heavy atom. The van der Waals surface area contributed by atoms with Crippen molar-refractivity contribution in [1.29, 1.82) is 0 Å². The maximum Gasteiger partial charge on any atom is 0.323 e. The average Bonchev–Trinajstić information content (AvgIpc) is 2.35. The molecule has 0 heterocycles. The van der Waals surface area contributed by atoms with Crippen LogP contribution in [0.3, 0.4) is 0 Å². The Kier molecular flexibility index (Phi) is 3.65. The number of carbonyl (C=O) groups is 1. The minimum Gasteiger partial charge on any atom is -0.504 e. The molecule has 0 saturated heterocycles. The number of carbonyl (C=O) groups excluding carboxylic acids is 1. The minimum atomic E-state index is -0.630. The predicted molar refractivity (Wildman–Crippen MR) is 75.3 cm³/mol. The zero-order valence-electron chi connectivity index (χ0n) is 10.7. The highest BCUT2D eigenvalue weighted by atomic mass is 16.3. The van der Waals surface area contributed by atoms with E-state index in [1.807, 2.05) is 19.1 Å². The maximum atomic E-state index is 11.8. The molecule has 0 aromatic heterocycles. The van der Waals surface area contributed by atoms with E-state index in [9.17, 15) is 20.1 Å². The monoisotopic (exact) mass is 274 g/mol. The number of hydrogen-bond donors (Lipinski definition) is 5. The summed E-state index contributed by atoms with van der Waals surface area (Å²) in [6, 6.07) is 8.97. The summed E-state index contributed by atoms with van der Waals surface area (Å²) in [5, 5.41) is 32.9. The van der Waals surface area contributed by atoms with E-state index in [1.54, 1.807) is 12.1 Å². The summed E-state index contributed by atoms with van der Waals surface area (Å²) in [4.78, 5) is 11.8. The fourth-order valence-corrected chi connectivity index (χ4v) is 1.69. The van der Waals surface area contributed by atoms with Gasteiger partial charge in [0.05, 0.1) is 5.69 Å². The van der Waals surface area contributed by atoms with Crippen molar-refractivity contribution >= 4 is 17.4 Å². The molecule has 5 N–H and O–H groups in total. The number of hydrogen-bond acceptors (Lipinski definition) is 4. The molecule has 2 aromatic rings. The quantitative estimate of drug-likeness (QED) is 0.429. The van der Waals surface area contributed by atoms with Gasteiger partial charge >= 0.3 is 6.03 Å². The van der Waals surface area contributed by atoms with E-state index < -0.39 is 23.3 Å². The Morgan fingerprint density at radius 3 is 2.15 bits per heavy atom. The van der Waals surface area contributed by atoms with Gasteiger partial charge in [-0.1, -0.05) is 12.1 Å². The number of aryl methyl sites for hydroxylation is 1. The molecule has 2 rings (SSSR count). The largest absolute Gasteiger partial charge is 0.504 e. The first kappa shape index (κ1) is 13.5. The van der Waals surface area contributed by atoms with Crippen molar-refractivity contribution in [2.24, 2.45) is 0 Å². The van der Waals surface area contributed by atoms with Crippen LogP contribution in [0.25, 0.3) is 0 Å². The van der Waals surface area contributed by atoms with Crippen molar-refractivity contribution in [3.8, 4) is 17.2 Å². The molecular weight excluding hydrogens is 260 g/mol. The van der Waals surface area contributed by atoms with Crippen LogP contribution in [0.15, 0.2) is 36.4 Å². The van der Waals surface area contributed by atoms with E-state index in [4.69, 9.17) is 0 Å². The molecule has 0 spiro atoms. The first-order valence-electron chi connectivity index (χ1n) is 5.85. The summed E-state index contributed by atoms with van der Waals surface area (Å²) in [6.07, 6.45) is 0. The average molecular weight is 274 g/mol. The summed E-state index contributed by atoms with van der Waals surface area (Å²) in [5.41, 5.74) is 1.78. The summed E-state index contributed by atoms with van der Waals surface area (Å²) < 4.78 is 0. The van der Waals surface area contributed by atoms with Crippen LogP contribution in [0.1, 0.15) is 5.56 Å². The SMILES string of the molecule is Cc1cccc(NC(=O)Nc2cc(O)c(O)c(O)c2)c1. The topological polar surface area (TPSA) is 102 Å². The molecule has 104 valence electrons. The van der Waals surface area contributed by atoms with Gasteiger partial charge in [0.25, 0.3) is 0 Å². The van der Waals surface area contributed by atoms with Crippen molar-refractivity contribution < 1.29 is 20.1 Å². The van der Waals surface area contributed by atoms with Gasteiger partial charge < -0.3 is 26.0 Å². The molecule has 0 fully saturated rings. The number of anilines is 2. The second-order valence-corrected chi connectivity index (χ2v) is 4.31. The maximum absolute atomic E-state index is 11.8. The van der Waals surface area contributed by atoms with Crippen LogP contribution in [-0.4, -0.2) is 21.4 Å². The number of phenols is 3. The Labute approximate surface area is 115 Å². The van der Waals surface area contributed by atoms with Gasteiger partial charge in [0.2, 0.25) is 0 Å². The van der Waals surface area contributed by atoms with Crippen molar-refractivity contribution in [2.75, 3.05) is 10.6 Å². The summed E-state index contributed by atoms with van der Waals surface area (Å²) in [7, 11) is 0. The van der Waals surface area contributed by atoms with Crippen molar-refractivity contribution in [2.45, 2.75) is 6.92 Å². The van der Waals surface area contributed by atoms with Crippen molar-refractivity contribution in [3.05, 3.63) is 42.0 Å². The lowest BCUT2D eigenvalue weighted by molar-refractivity contribution is 0.262. The van der Waals surface area contributed by atoms with Crippen LogP contribution in [0.5, 0.6) is 17.2 Å². The minimum absolute atomic E-state index is 0.156. The summed E-state index contributed by atoms with van der Waals surface area (Å²) in [5.74, 6) is -1.67. The van der Waals surface area contributed by atoms with E-state index in [0.29, 0.717) is 5.69 Å². The number of aromatic hydroxyl groups is 3. The van der Waals surface area contributed by atoms with Gasteiger partial charge in [-0.25, -0.2) is 4.79 Å². The highest BCUT2D eigenvalue weighted by Gasteiger charge is 2.10. The van der Waals surface area contributed by atoms with Crippen LogP contribution in [0.2, 0.25) is 0 Å². The lowest BCUT2D eigenvalue weighted by Crippen LogP contribution is -2.19. The summed E-state index contributed by atoms with van der Waals surface area (Å²) in [6.45, 7) is 1.90. The Morgan fingerprint density at radius 1 is 0.950 bits per heavy atom. The lowest BCUT2D eigenvalue weighted by atomic mass is 10.2. The molecule has 6 heteroatoms. The molecule has 0 unspecified atom stereocenters. The Balaban J connectivity index is 2.09. The van der Waals surface area contributed by atoms with Crippen LogP contribution in [0.4, 0.5) is 16.2 Å². The first-order chi connectivity index (χ1) is 9.45. The molecular formula is C14H14N2O4. The first-order valence-corrected chi connectivity index (χ1v) is 5.85. The molecule has 20 heavy (non-hydrogen) atoms. The molecule has 0 atom stereocenters. The second-order valence-electron chi connectivity index (χ2n) is 4.31. The highest BCUT2D eigenvalue weighted by molar-refractivity contribution is 6.00. The number of nitrogens with one attached hydrogen (secondary N) is 2. The van der Waals surface area contributed by atoms with E-state index in [1.165, 1.54) is 0 Å². The number of benzene rings is 2. The molecule has 0 radical (unpaired) electrons. The third-order valence-corrected chi connectivity index (χ3v) is 2.60. The van der Waals surface area contributed by atoms with Crippen LogP contribution >= 0.6 is 0 Å². The normalized spacial score (nSPS) is 10.1. The second kappa shape index (κ2) is 5.40. The zero-order chi connectivity index (χ0) is 14.7. The van der Waals surface area contributed by atoms with Gasteiger partial charge in [0.1, 0.15) is 0 Å². The van der Waals surface area contributed by atoms with E-state index in [2.05, 4.69) is 10.6 Å². The fourth-order valence-electron chi connectivity index (χ4n) is 1.69. The molecule has 0 bridgehead atoms. The van der Waals surface area contributed by atoms with Gasteiger partial charge in [-0.2, -0.15) is 0 Å². The predicted octanol–water partition coefficient (Wildman–Crippen LogP) is 2.76. The Bertz CT molecular complexity index is 632. The number of amides is 2. The third kappa shape index (κ3) is 3.11. The van der Waals surface area contributed by atoms with Gasteiger partial charge in [-0.15, -0.1) is 0 Å². The van der Waals surface area contributed by atoms with Gasteiger partial charge in [-0.05, 0) is 24.6 Å². The number of rotatable bonds is 2. The standard InChI is InChI=1S/C14H14N2O4/c1-8-3-2-4-9(5-8)15-14(20)16-10-6-11(17)13(19)12(18)7-10/h2-7,17-19H,1H3,(H2,15,16,20). The van der Waals surface area contributed by atoms with Crippen LogP contribution < -0.4 is 10.6 Å². The molecule has 0 saturated carbocycles. The smallest absolute Gasteiger partial charge is 0.323 e. The van der Waals surface area contributed by atoms with Crippen molar-refractivity contribution in [1.82, 2.24) is 0 Å². The molecule has 0 aliphatic rings. The molecule has 0 aliphatic heterocycles. The van der Waals surface area contributed by atoms with Gasteiger partial charge in [0.15, 0.2) is 17.2 Å². The third-order valence-electron chi connectivity index (χ3n) is 2.60. The highest BCUT2D eigenvalue weighted by Crippen LogP contribution is 2.37. The molecule has 2 aromatic carbocycles. The fraction of sp³-hybridized carbons (Fsp3) is 0.0714. The molecule has 2 amide bonds. The molecule has 6 nitrogen and oxygen atoms in total. The number of urea groups is 1. The van der Waals surface area contributed by atoms with Crippen LogP contribution in [-0.2, 0) is 0 Å². The van der Waals surface area contributed by atoms with Crippen LogP contribution in [0, 0.1) is 6.92 Å². The Hall–Kier alpha value is -2.89. The van der Waals surface area contributed by atoms with E-state index in [-0.39, 0.29) is 5.69 Å². The zero-order valence-corrected chi connectivity index (χ0v) is 10.7. The number of phenolic OH excluding ortho intramolecular Hbond substituents is 3. The lowest BCUT2D eigenvalue weighted by Gasteiger charge is -2.09. The molecule has 0 aliphatic carbocycles. The van der Waals surface area contributed by atoms with Gasteiger partial charge in [0, 0.05) is 17.8 Å². The van der Waals surface area contributed by atoms with Gasteiger partial charge in [-0.3, -0.25) is 0 Å². The summed E-state index contributed by atoms with van der Waals surface area (Å²) >= 11 is 0.